The summed E-state index contributed by atoms with van der Waals surface area (Å²) in [6, 6.07) is 16.8. The molecule has 154 valence electrons. The van der Waals surface area contributed by atoms with Gasteiger partial charge in [0.15, 0.2) is 11.6 Å². The highest BCUT2D eigenvalue weighted by molar-refractivity contribution is 5.81. The van der Waals surface area contributed by atoms with Crippen molar-refractivity contribution in [2.75, 3.05) is 49.2 Å². The van der Waals surface area contributed by atoms with Gasteiger partial charge in [0.1, 0.15) is 0 Å². The third-order valence-electron chi connectivity index (χ3n) is 6.73. The molecular formula is C24H26N4O2. The Balaban J connectivity index is 1.33. The van der Waals surface area contributed by atoms with Crippen molar-refractivity contribution in [3.05, 3.63) is 59.7 Å². The predicted molar refractivity (Wildman–Crippen MR) is 117 cm³/mol. The molecule has 6 heteroatoms. The lowest BCUT2D eigenvalue weighted by Crippen LogP contribution is -2.44. The van der Waals surface area contributed by atoms with Crippen LogP contribution in [0.25, 0.3) is 11.0 Å². The fourth-order valence-corrected chi connectivity index (χ4v) is 5.06. The molecule has 0 saturated carbocycles. The van der Waals surface area contributed by atoms with Crippen LogP contribution in [0.3, 0.4) is 0 Å². The smallest absolute Gasteiger partial charge is 0.172 e. The van der Waals surface area contributed by atoms with Crippen LogP contribution in [-0.4, -0.2) is 49.4 Å². The molecule has 3 aliphatic heterocycles. The van der Waals surface area contributed by atoms with E-state index in [1.165, 1.54) is 11.1 Å². The summed E-state index contributed by atoms with van der Waals surface area (Å²) in [7, 11) is 0. The molecule has 1 spiro atoms. The first-order chi connectivity index (χ1) is 14.8. The fourth-order valence-electron chi connectivity index (χ4n) is 5.06. The summed E-state index contributed by atoms with van der Waals surface area (Å²) in [4.78, 5) is 14.8. The molecule has 0 bridgehead atoms. The van der Waals surface area contributed by atoms with E-state index in [1.54, 1.807) is 0 Å². The average Bonchev–Trinajstić information content (AvgIpc) is 3.17. The Hall–Kier alpha value is -2.70. The number of hydrogen-bond acceptors (Lipinski definition) is 6. The highest BCUT2D eigenvalue weighted by atomic mass is 16.5. The highest BCUT2D eigenvalue weighted by Crippen LogP contribution is 2.45. The molecule has 3 aliphatic rings. The van der Waals surface area contributed by atoms with E-state index in [1.807, 2.05) is 18.2 Å². The van der Waals surface area contributed by atoms with E-state index < -0.39 is 0 Å². The van der Waals surface area contributed by atoms with Gasteiger partial charge in [0, 0.05) is 26.2 Å². The van der Waals surface area contributed by atoms with Crippen LogP contribution in [0, 0.1) is 0 Å². The first-order valence-electron chi connectivity index (χ1n) is 10.9. The third kappa shape index (κ3) is 2.94. The summed E-state index contributed by atoms with van der Waals surface area (Å²) in [5.74, 6) is 1.98. The summed E-state index contributed by atoms with van der Waals surface area (Å²) in [5, 5.41) is 0. The van der Waals surface area contributed by atoms with Crippen molar-refractivity contribution >= 4 is 22.7 Å². The van der Waals surface area contributed by atoms with Gasteiger partial charge in [-0.05, 0) is 36.1 Å². The highest BCUT2D eigenvalue weighted by Gasteiger charge is 2.43. The number of hydrogen-bond donors (Lipinski definition) is 0. The number of piperidine rings is 1. The summed E-state index contributed by atoms with van der Waals surface area (Å²) < 4.78 is 11.9. The van der Waals surface area contributed by atoms with Gasteiger partial charge in [-0.2, -0.15) is 0 Å². The Bertz CT molecular complexity index is 1070. The lowest BCUT2D eigenvalue weighted by Gasteiger charge is -2.41. The average molecular weight is 402 g/mol. The Morgan fingerprint density at radius 3 is 2.03 bits per heavy atom. The first kappa shape index (κ1) is 18.1. The van der Waals surface area contributed by atoms with Crippen LogP contribution in [-0.2, 0) is 21.7 Å². The Morgan fingerprint density at radius 1 is 0.733 bits per heavy atom. The molecule has 0 atom stereocenters. The molecule has 6 rings (SSSR count). The van der Waals surface area contributed by atoms with E-state index in [9.17, 15) is 0 Å². The van der Waals surface area contributed by atoms with Crippen molar-refractivity contribution in [2.45, 2.75) is 25.0 Å². The molecule has 0 amide bonds. The number of anilines is 2. The number of aromatic nitrogens is 2. The van der Waals surface area contributed by atoms with Gasteiger partial charge in [-0.1, -0.05) is 36.4 Å². The quantitative estimate of drug-likeness (QED) is 0.654. The van der Waals surface area contributed by atoms with Crippen LogP contribution in [0.4, 0.5) is 11.6 Å². The van der Waals surface area contributed by atoms with Crippen molar-refractivity contribution in [3.8, 4) is 0 Å². The maximum absolute atomic E-state index is 6.36. The molecule has 6 nitrogen and oxygen atoms in total. The minimum Gasteiger partial charge on any atom is -0.378 e. The minimum absolute atomic E-state index is 0.142. The van der Waals surface area contributed by atoms with Gasteiger partial charge in [-0.25, -0.2) is 9.97 Å². The van der Waals surface area contributed by atoms with Gasteiger partial charge >= 0.3 is 0 Å². The second-order valence-corrected chi connectivity index (χ2v) is 8.39. The Labute approximate surface area is 176 Å². The number of nitrogens with zero attached hydrogens (tertiary/aromatic N) is 4. The van der Waals surface area contributed by atoms with E-state index in [4.69, 9.17) is 19.4 Å². The maximum Gasteiger partial charge on any atom is 0.172 e. The third-order valence-corrected chi connectivity index (χ3v) is 6.73. The van der Waals surface area contributed by atoms with Crippen LogP contribution in [0.15, 0.2) is 48.5 Å². The predicted octanol–water partition coefficient (Wildman–Crippen LogP) is 3.49. The van der Waals surface area contributed by atoms with Crippen LogP contribution >= 0.6 is 0 Å². The van der Waals surface area contributed by atoms with Crippen LogP contribution < -0.4 is 9.80 Å². The Morgan fingerprint density at radius 2 is 1.33 bits per heavy atom. The number of rotatable bonds is 2. The van der Waals surface area contributed by atoms with Crippen molar-refractivity contribution in [2.24, 2.45) is 0 Å². The molecule has 1 aromatic heterocycles. The van der Waals surface area contributed by atoms with Gasteiger partial charge in [0.25, 0.3) is 0 Å². The molecule has 0 unspecified atom stereocenters. The topological polar surface area (TPSA) is 50.7 Å². The zero-order valence-corrected chi connectivity index (χ0v) is 17.1. The van der Waals surface area contributed by atoms with E-state index in [-0.39, 0.29) is 5.60 Å². The van der Waals surface area contributed by atoms with E-state index in [2.05, 4.69) is 40.1 Å². The molecule has 2 saturated heterocycles. The zero-order valence-electron chi connectivity index (χ0n) is 17.1. The lowest BCUT2D eigenvalue weighted by atomic mass is 9.84. The number of para-hydroxylation sites is 2. The number of ether oxygens (including phenoxy) is 2. The van der Waals surface area contributed by atoms with Gasteiger partial charge in [-0.15, -0.1) is 0 Å². The second-order valence-electron chi connectivity index (χ2n) is 8.39. The van der Waals surface area contributed by atoms with Crippen LogP contribution in [0.5, 0.6) is 0 Å². The molecule has 3 aromatic rings. The van der Waals surface area contributed by atoms with Gasteiger partial charge in [0.05, 0.1) is 36.5 Å². The first-order valence-corrected chi connectivity index (χ1v) is 10.9. The molecule has 0 aliphatic carbocycles. The summed E-state index contributed by atoms with van der Waals surface area (Å²) in [5.41, 5.74) is 4.47. The number of morpholine rings is 1. The molecule has 0 N–H and O–H groups in total. The second kappa shape index (κ2) is 7.22. The van der Waals surface area contributed by atoms with Gasteiger partial charge < -0.3 is 19.3 Å². The van der Waals surface area contributed by atoms with Crippen molar-refractivity contribution < 1.29 is 9.47 Å². The molecule has 30 heavy (non-hydrogen) atoms. The maximum atomic E-state index is 6.36. The van der Waals surface area contributed by atoms with E-state index in [0.717, 1.165) is 81.5 Å². The summed E-state index contributed by atoms with van der Waals surface area (Å²) in [6.07, 6.45) is 1.95. The summed E-state index contributed by atoms with van der Waals surface area (Å²) in [6.45, 7) is 5.74. The van der Waals surface area contributed by atoms with Gasteiger partial charge in [-0.3, -0.25) is 0 Å². The molecular weight excluding hydrogens is 376 g/mol. The van der Waals surface area contributed by atoms with Gasteiger partial charge in [0.2, 0.25) is 0 Å². The van der Waals surface area contributed by atoms with E-state index in [0.29, 0.717) is 0 Å². The minimum atomic E-state index is -0.142. The fraction of sp³-hybridized carbons (Fsp3) is 0.417. The molecule has 2 aromatic carbocycles. The standard InChI is InChI=1S/C24H26N4O2/c1-2-6-19-18(5-1)17-30-24(19)9-11-27(12-10-24)22-23(28-13-15-29-16-14-28)26-21-8-4-3-7-20(21)25-22/h1-8H,9-17H2. The van der Waals surface area contributed by atoms with Crippen molar-refractivity contribution in [1.82, 2.24) is 9.97 Å². The molecule has 0 radical (unpaired) electrons. The number of benzene rings is 2. The largest absolute Gasteiger partial charge is 0.378 e. The zero-order chi connectivity index (χ0) is 20.0. The van der Waals surface area contributed by atoms with Crippen molar-refractivity contribution in [1.29, 1.82) is 0 Å². The van der Waals surface area contributed by atoms with Crippen molar-refractivity contribution in [3.63, 3.8) is 0 Å². The number of fused-ring (bicyclic) bond motifs is 3. The summed E-state index contributed by atoms with van der Waals surface area (Å²) >= 11 is 0. The van der Waals surface area contributed by atoms with E-state index >= 15 is 0 Å². The molecule has 2 fully saturated rings. The van der Waals surface area contributed by atoms with Crippen LogP contribution in [0.2, 0.25) is 0 Å². The Kier molecular flexibility index (Phi) is 4.35. The monoisotopic (exact) mass is 402 g/mol. The SMILES string of the molecule is c1ccc2c(c1)COC21CCN(c2nc3ccccc3nc2N2CCOCC2)CC1. The lowest BCUT2D eigenvalue weighted by molar-refractivity contribution is -0.0551. The normalized spacial score (nSPS) is 20.7. The molecule has 4 heterocycles. The van der Waals surface area contributed by atoms with Crippen LogP contribution in [0.1, 0.15) is 24.0 Å².